The summed E-state index contributed by atoms with van der Waals surface area (Å²) in [5.41, 5.74) is 5.82. The minimum absolute atomic E-state index is 0.0221. The lowest BCUT2D eigenvalue weighted by atomic mass is 10.5. The SMILES string of the molecule is CN(C(=N)N)C(=N)Nc1ccoc1. The van der Waals surface area contributed by atoms with E-state index in [9.17, 15) is 0 Å². The predicted octanol–water partition coefficient (Wildman–Crippen LogP) is 0.452. The Bertz CT molecular complexity index is 305. The summed E-state index contributed by atoms with van der Waals surface area (Å²) in [4.78, 5) is 1.20. The fourth-order valence-corrected chi connectivity index (χ4v) is 0.677. The number of furan rings is 1. The largest absolute Gasteiger partial charge is 0.470 e. The molecule has 0 fully saturated rings. The summed E-state index contributed by atoms with van der Waals surface area (Å²) in [5, 5.41) is 17.2. The van der Waals surface area contributed by atoms with Crippen molar-refractivity contribution in [2.45, 2.75) is 0 Å². The van der Waals surface area contributed by atoms with Gasteiger partial charge < -0.3 is 15.5 Å². The molecule has 0 aromatic carbocycles. The molecule has 5 N–H and O–H groups in total. The highest BCUT2D eigenvalue weighted by atomic mass is 16.3. The monoisotopic (exact) mass is 181 g/mol. The first-order valence-corrected chi connectivity index (χ1v) is 3.57. The molecule has 0 unspecified atom stereocenters. The Morgan fingerprint density at radius 3 is 2.77 bits per heavy atom. The van der Waals surface area contributed by atoms with Gasteiger partial charge in [0.1, 0.15) is 6.26 Å². The van der Waals surface area contributed by atoms with Gasteiger partial charge in [0.25, 0.3) is 0 Å². The molecule has 1 aromatic rings. The molecule has 0 aliphatic rings. The molecule has 13 heavy (non-hydrogen) atoms. The molecule has 0 amide bonds. The van der Waals surface area contributed by atoms with Gasteiger partial charge in [0.2, 0.25) is 5.96 Å². The van der Waals surface area contributed by atoms with Crippen molar-refractivity contribution in [3.8, 4) is 0 Å². The molecule has 0 bridgehead atoms. The quantitative estimate of drug-likeness (QED) is 0.373. The Hall–Kier alpha value is -1.98. The third-order valence-electron chi connectivity index (χ3n) is 1.48. The molecule has 0 spiro atoms. The fraction of sp³-hybridized carbons (Fsp3) is 0.143. The van der Waals surface area contributed by atoms with Crippen LogP contribution in [0.2, 0.25) is 0 Å². The first kappa shape index (κ1) is 9.11. The third kappa shape index (κ3) is 2.22. The molecule has 1 rings (SSSR count). The van der Waals surface area contributed by atoms with E-state index < -0.39 is 0 Å². The van der Waals surface area contributed by atoms with Crippen LogP contribution in [-0.4, -0.2) is 23.9 Å². The number of nitrogens with two attached hydrogens (primary N) is 1. The second kappa shape index (κ2) is 3.61. The van der Waals surface area contributed by atoms with E-state index in [4.69, 9.17) is 21.0 Å². The summed E-state index contributed by atoms with van der Waals surface area (Å²) < 4.78 is 4.79. The molecule has 6 nitrogen and oxygen atoms in total. The fourth-order valence-electron chi connectivity index (χ4n) is 0.677. The van der Waals surface area contributed by atoms with Gasteiger partial charge in [-0.3, -0.25) is 15.7 Å². The molecule has 0 saturated heterocycles. The molecule has 1 heterocycles. The molecule has 0 atom stereocenters. The first-order valence-electron chi connectivity index (χ1n) is 3.57. The minimum Gasteiger partial charge on any atom is -0.470 e. The van der Waals surface area contributed by atoms with E-state index in [0.717, 1.165) is 0 Å². The van der Waals surface area contributed by atoms with Crippen LogP contribution in [0.25, 0.3) is 0 Å². The standard InChI is InChI=1S/C7H11N5O/c1-12(6(8)9)7(10)11-5-2-3-13-4-5/h2-4H,1H3,(H3,8,9)(H2,10,11). The van der Waals surface area contributed by atoms with Crippen molar-refractivity contribution in [3.63, 3.8) is 0 Å². The molecule has 0 aliphatic carbocycles. The molecule has 0 radical (unpaired) electrons. The Morgan fingerprint density at radius 2 is 2.31 bits per heavy atom. The molecular weight excluding hydrogens is 170 g/mol. The van der Waals surface area contributed by atoms with Crippen molar-refractivity contribution in [1.29, 1.82) is 10.8 Å². The lowest BCUT2D eigenvalue weighted by Crippen LogP contribution is -2.41. The summed E-state index contributed by atoms with van der Waals surface area (Å²) in [6, 6.07) is 1.67. The average molecular weight is 181 g/mol. The maximum atomic E-state index is 7.45. The summed E-state index contributed by atoms with van der Waals surface area (Å²) >= 11 is 0. The van der Waals surface area contributed by atoms with E-state index in [0.29, 0.717) is 5.69 Å². The lowest BCUT2D eigenvalue weighted by molar-refractivity contribution is 0.568. The second-order valence-electron chi connectivity index (χ2n) is 2.43. The van der Waals surface area contributed by atoms with Gasteiger partial charge in [-0.15, -0.1) is 0 Å². The van der Waals surface area contributed by atoms with Crippen LogP contribution < -0.4 is 11.1 Å². The van der Waals surface area contributed by atoms with Gasteiger partial charge >= 0.3 is 0 Å². The van der Waals surface area contributed by atoms with E-state index in [1.807, 2.05) is 0 Å². The van der Waals surface area contributed by atoms with Crippen LogP contribution in [0.1, 0.15) is 0 Å². The zero-order chi connectivity index (χ0) is 9.84. The van der Waals surface area contributed by atoms with Crippen LogP contribution in [0.4, 0.5) is 5.69 Å². The van der Waals surface area contributed by atoms with Gasteiger partial charge in [-0.1, -0.05) is 0 Å². The number of nitrogens with zero attached hydrogens (tertiary/aromatic N) is 1. The molecule has 0 aliphatic heterocycles. The zero-order valence-electron chi connectivity index (χ0n) is 7.16. The van der Waals surface area contributed by atoms with Crippen molar-refractivity contribution in [2.75, 3.05) is 12.4 Å². The third-order valence-corrected chi connectivity index (χ3v) is 1.48. The number of hydrogen-bond acceptors (Lipinski definition) is 3. The molecule has 6 heteroatoms. The van der Waals surface area contributed by atoms with Gasteiger partial charge in [0.05, 0.1) is 12.0 Å². The van der Waals surface area contributed by atoms with Crippen molar-refractivity contribution in [1.82, 2.24) is 4.90 Å². The molecule has 0 saturated carbocycles. The Labute approximate surface area is 75.3 Å². The van der Waals surface area contributed by atoms with Gasteiger partial charge in [-0.2, -0.15) is 0 Å². The first-order chi connectivity index (χ1) is 6.11. The van der Waals surface area contributed by atoms with E-state index in [1.165, 1.54) is 24.5 Å². The normalized spacial score (nSPS) is 9.31. The summed E-state index contributed by atoms with van der Waals surface area (Å²) in [6.07, 6.45) is 2.95. The van der Waals surface area contributed by atoms with Crippen LogP contribution in [0.5, 0.6) is 0 Å². The molecule has 70 valence electrons. The van der Waals surface area contributed by atoms with E-state index >= 15 is 0 Å². The number of hydrogen-bond donors (Lipinski definition) is 4. The Balaban J connectivity index is 2.56. The summed E-state index contributed by atoms with van der Waals surface area (Å²) in [5.74, 6) is -0.171. The van der Waals surface area contributed by atoms with Crippen molar-refractivity contribution in [2.24, 2.45) is 5.73 Å². The maximum Gasteiger partial charge on any atom is 0.202 e. The summed E-state index contributed by atoms with van der Waals surface area (Å²) in [7, 11) is 1.53. The van der Waals surface area contributed by atoms with Crippen LogP contribution in [-0.2, 0) is 0 Å². The van der Waals surface area contributed by atoms with Crippen molar-refractivity contribution >= 4 is 17.6 Å². The van der Waals surface area contributed by atoms with Gasteiger partial charge in [-0.05, 0) is 6.07 Å². The van der Waals surface area contributed by atoms with Gasteiger partial charge in [0, 0.05) is 7.05 Å². The van der Waals surface area contributed by atoms with Crippen LogP contribution in [0.3, 0.4) is 0 Å². The van der Waals surface area contributed by atoms with E-state index in [2.05, 4.69) is 5.32 Å². The number of nitrogens with one attached hydrogen (secondary N) is 3. The van der Waals surface area contributed by atoms with Gasteiger partial charge in [0.15, 0.2) is 5.96 Å². The van der Waals surface area contributed by atoms with Crippen LogP contribution in [0.15, 0.2) is 23.0 Å². The second-order valence-corrected chi connectivity index (χ2v) is 2.43. The van der Waals surface area contributed by atoms with Crippen molar-refractivity contribution < 1.29 is 4.42 Å². The highest BCUT2D eigenvalue weighted by Crippen LogP contribution is 2.06. The number of rotatable bonds is 1. The molecular formula is C7H11N5O. The topological polar surface area (TPSA) is 102 Å². The smallest absolute Gasteiger partial charge is 0.202 e. The van der Waals surface area contributed by atoms with Crippen LogP contribution in [0, 0.1) is 10.8 Å². The van der Waals surface area contributed by atoms with Crippen LogP contribution >= 0.6 is 0 Å². The maximum absolute atomic E-state index is 7.45. The van der Waals surface area contributed by atoms with Crippen molar-refractivity contribution in [3.05, 3.63) is 18.6 Å². The number of anilines is 1. The predicted molar refractivity (Wildman–Crippen MR) is 49.7 cm³/mol. The summed E-state index contributed by atoms with van der Waals surface area (Å²) in [6.45, 7) is 0. The highest BCUT2D eigenvalue weighted by molar-refractivity contribution is 6.01. The number of guanidine groups is 2. The minimum atomic E-state index is -0.194. The zero-order valence-corrected chi connectivity index (χ0v) is 7.16. The lowest BCUT2D eigenvalue weighted by Gasteiger charge is -2.17. The Kier molecular flexibility index (Phi) is 2.53. The highest BCUT2D eigenvalue weighted by Gasteiger charge is 2.06. The van der Waals surface area contributed by atoms with E-state index in [-0.39, 0.29) is 11.9 Å². The average Bonchev–Trinajstić information content (AvgIpc) is 2.55. The van der Waals surface area contributed by atoms with Gasteiger partial charge in [-0.25, -0.2) is 0 Å². The van der Waals surface area contributed by atoms with E-state index in [1.54, 1.807) is 6.07 Å². The molecule has 1 aromatic heterocycles. The Morgan fingerprint density at radius 1 is 1.62 bits per heavy atom.